The number of hydrogen-bond acceptors (Lipinski definition) is 3. The minimum Gasteiger partial charge on any atom is -0.382 e. The summed E-state index contributed by atoms with van der Waals surface area (Å²) in [6.45, 7) is 8.18. The van der Waals surface area contributed by atoms with Crippen LogP contribution in [0.5, 0.6) is 0 Å². The number of hydrogen-bond donors (Lipinski definition) is 1. The highest BCUT2D eigenvalue weighted by molar-refractivity contribution is 7.98. The average molecular weight is 324 g/mol. The number of thioether (sulfide) groups is 1. The summed E-state index contributed by atoms with van der Waals surface area (Å²) >= 11 is 1.77. The van der Waals surface area contributed by atoms with E-state index in [0.717, 1.165) is 45.2 Å². The second-order valence-electron chi connectivity index (χ2n) is 4.99. The molecule has 0 aliphatic heterocycles. The summed E-state index contributed by atoms with van der Waals surface area (Å²) < 4.78 is 5.35. The molecular formula is C17H29N3OS. The Morgan fingerprint density at radius 2 is 2.00 bits per heavy atom. The van der Waals surface area contributed by atoms with Crippen molar-refractivity contribution >= 4 is 17.7 Å². The number of nitrogens with zero attached hydrogens (tertiary/aromatic N) is 2. The van der Waals surface area contributed by atoms with Gasteiger partial charge in [-0.15, -0.1) is 11.8 Å². The van der Waals surface area contributed by atoms with Gasteiger partial charge in [-0.05, 0) is 44.2 Å². The Kier molecular flexibility index (Phi) is 9.75. The zero-order valence-corrected chi connectivity index (χ0v) is 15.1. The van der Waals surface area contributed by atoms with Crippen molar-refractivity contribution in [1.29, 1.82) is 0 Å². The average Bonchev–Trinajstić information content (AvgIpc) is 2.54. The van der Waals surface area contributed by atoms with Crippen LogP contribution in [0, 0.1) is 0 Å². The Labute approximate surface area is 139 Å². The van der Waals surface area contributed by atoms with Gasteiger partial charge in [0.2, 0.25) is 0 Å². The number of ether oxygens (including phenoxy) is 1. The molecule has 0 heterocycles. The van der Waals surface area contributed by atoms with E-state index in [1.165, 1.54) is 10.5 Å². The van der Waals surface area contributed by atoms with Gasteiger partial charge in [-0.1, -0.05) is 12.1 Å². The third-order valence-corrected chi connectivity index (χ3v) is 3.93. The molecule has 1 aromatic carbocycles. The van der Waals surface area contributed by atoms with Crippen molar-refractivity contribution in [1.82, 2.24) is 10.2 Å². The number of nitrogens with one attached hydrogen (secondary N) is 1. The molecular weight excluding hydrogens is 294 g/mol. The highest BCUT2D eigenvalue weighted by Crippen LogP contribution is 2.15. The van der Waals surface area contributed by atoms with Crippen LogP contribution in [0.15, 0.2) is 34.2 Å². The smallest absolute Gasteiger partial charge is 0.193 e. The van der Waals surface area contributed by atoms with E-state index in [2.05, 4.69) is 59.7 Å². The van der Waals surface area contributed by atoms with E-state index in [4.69, 9.17) is 4.74 Å². The first-order valence-electron chi connectivity index (χ1n) is 7.91. The third kappa shape index (κ3) is 7.18. The van der Waals surface area contributed by atoms with Crippen molar-refractivity contribution < 1.29 is 4.74 Å². The lowest BCUT2D eigenvalue weighted by atomic mass is 10.2. The summed E-state index contributed by atoms with van der Waals surface area (Å²) in [4.78, 5) is 8.12. The van der Waals surface area contributed by atoms with Gasteiger partial charge in [0.05, 0.1) is 0 Å². The van der Waals surface area contributed by atoms with Crippen molar-refractivity contribution in [2.45, 2.75) is 31.7 Å². The second kappa shape index (κ2) is 11.4. The van der Waals surface area contributed by atoms with Gasteiger partial charge in [0, 0.05) is 44.8 Å². The standard InChI is InChI=1S/C17H29N3OS/c1-5-18-17(19-12-7-13-21-6-2)20(3)14-15-8-10-16(22-4)11-9-15/h8-11H,5-7,12-14H2,1-4H3,(H,18,19). The van der Waals surface area contributed by atoms with E-state index in [-0.39, 0.29) is 0 Å². The third-order valence-electron chi connectivity index (χ3n) is 3.19. The van der Waals surface area contributed by atoms with Gasteiger partial charge in [0.15, 0.2) is 5.96 Å². The number of aliphatic imine (C=N–C) groups is 1. The van der Waals surface area contributed by atoms with Crippen LogP contribution >= 0.6 is 11.8 Å². The number of benzene rings is 1. The molecule has 124 valence electrons. The minimum atomic E-state index is 0.774. The topological polar surface area (TPSA) is 36.9 Å². The number of guanidine groups is 1. The van der Waals surface area contributed by atoms with Crippen molar-refractivity contribution in [3.63, 3.8) is 0 Å². The maximum Gasteiger partial charge on any atom is 0.193 e. The van der Waals surface area contributed by atoms with Crippen molar-refractivity contribution in [3.05, 3.63) is 29.8 Å². The largest absolute Gasteiger partial charge is 0.382 e. The normalized spacial score (nSPS) is 11.5. The molecule has 0 unspecified atom stereocenters. The molecule has 0 saturated carbocycles. The Morgan fingerprint density at radius 1 is 1.27 bits per heavy atom. The van der Waals surface area contributed by atoms with Crippen LogP contribution in [0.25, 0.3) is 0 Å². The van der Waals surface area contributed by atoms with Gasteiger partial charge in [-0.3, -0.25) is 4.99 Å². The van der Waals surface area contributed by atoms with Gasteiger partial charge >= 0.3 is 0 Å². The summed E-state index contributed by atoms with van der Waals surface area (Å²) in [5.41, 5.74) is 1.29. The molecule has 0 amide bonds. The van der Waals surface area contributed by atoms with Crippen molar-refractivity contribution in [2.75, 3.05) is 39.6 Å². The Morgan fingerprint density at radius 3 is 2.59 bits per heavy atom. The van der Waals surface area contributed by atoms with Gasteiger partial charge in [-0.25, -0.2) is 0 Å². The van der Waals surface area contributed by atoms with E-state index >= 15 is 0 Å². The molecule has 0 radical (unpaired) electrons. The molecule has 1 rings (SSSR count). The first kappa shape index (κ1) is 18.8. The zero-order chi connectivity index (χ0) is 16.2. The van der Waals surface area contributed by atoms with Crippen LogP contribution in [-0.4, -0.2) is 50.5 Å². The summed E-state index contributed by atoms with van der Waals surface area (Å²) in [6, 6.07) is 8.70. The lowest BCUT2D eigenvalue weighted by Crippen LogP contribution is -2.38. The molecule has 0 saturated heterocycles. The monoisotopic (exact) mass is 323 g/mol. The summed E-state index contributed by atoms with van der Waals surface area (Å²) in [5.74, 6) is 0.952. The molecule has 1 aromatic rings. The van der Waals surface area contributed by atoms with E-state index in [1.807, 2.05) is 6.92 Å². The van der Waals surface area contributed by atoms with Crippen LogP contribution in [-0.2, 0) is 11.3 Å². The van der Waals surface area contributed by atoms with Crippen LogP contribution in [0.1, 0.15) is 25.8 Å². The Bertz CT molecular complexity index is 434. The van der Waals surface area contributed by atoms with E-state index in [9.17, 15) is 0 Å². The maximum atomic E-state index is 5.35. The molecule has 0 bridgehead atoms. The molecule has 0 spiro atoms. The van der Waals surface area contributed by atoms with Crippen LogP contribution in [0.4, 0.5) is 0 Å². The fourth-order valence-electron chi connectivity index (χ4n) is 2.05. The fourth-order valence-corrected chi connectivity index (χ4v) is 2.45. The first-order valence-corrected chi connectivity index (χ1v) is 9.13. The van der Waals surface area contributed by atoms with Crippen LogP contribution in [0.2, 0.25) is 0 Å². The summed E-state index contributed by atoms with van der Waals surface area (Å²) in [6.07, 6.45) is 3.05. The quantitative estimate of drug-likeness (QED) is 0.328. The molecule has 0 atom stereocenters. The summed E-state index contributed by atoms with van der Waals surface area (Å²) in [5, 5.41) is 3.35. The van der Waals surface area contributed by atoms with Gasteiger partial charge in [0.25, 0.3) is 0 Å². The molecule has 0 aliphatic carbocycles. The van der Waals surface area contributed by atoms with Gasteiger partial charge < -0.3 is 15.0 Å². The van der Waals surface area contributed by atoms with Crippen molar-refractivity contribution in [3.8, 4) is 0 Å². The van der Waals surface area contributed by atoms with Crippen LogP contribution in [0.3, 0.4) is 0 Å². The second-order valence-corrected chi connectivity index (χ2v) is 5.87. The van der Waals surface area contributed by atoms with Gasteiger partial charge in [0.1, 0.15) is 0 Å². The molecule has 0 aliphatic rings. The summed E-state index contributed by atoms with van der Waals surface area (Å²) in [7, 11) is 2.08. The predicted octanol–water partition coefficient (Wildman–Crippen LogP) is 3.23. The number of rotatable bonds is 9. The molecule has 22 heavy (non-hydrogen) atoms. The minimum absolute atomic E-state index is 0.774. The van der Waals surface area contributed by atoms with Gasteiger partial charge in [-0.2, -0.15) is 0 Å². The predicted molar refractivity (Wildman–Crippen MR) is 96.8 cm³/mol. The maximum absolute atomic E-state index is 5.35. The molecule has 0 fully saturated rings. The Hall–Kier alpha value is -1.20. The molecule has 5 heteroatoms. The zero-order valence-electron chi connectivity index (χ0n) is 14.3. The molecule has 4 nitrogen and oxygen atoms in total. The van der Waals surface area contributed by atoms with E-state index in [1.54, 1.807) is 11.8 Å². The van der Waals surface area contributed by atoms with E-state index in [0.29, 0.717) is 0 Å². The molecule has 1 N–H and O–H groups in total. The lowest BCUT2D eigenvalue weighted by Gasteiger charge is -2.22. The fraction of sp³-hybridized carbons (Fsp3) is 0.588. The SMILES string of the molecule is CCNC(=NCCCOCC)N(C)Cc1ccc(SC)cc1. The first-order chi connectivity index (χ1) is 10.7. The van der Waals surface area contributed by atoms with Crippen LogP contribution < -0.4 is 5.32 Å². The lowest BCUT2D eigenvalue weighted by molar-refractivity contribution is 0.146. The molecule has 0 aromatic heterocycles. The highest BCUT2D eigenvalue weighted by atomic mass is 32.2. The van der Waals surface area contributed by atoms with E-state index < -0.39 is 0 Å². The van der Waals surface area contributed by atoms with Crippen molar-refractivity contribution in [2.24, 2.45) is 4.99 Å². The Balaban J connectivity index is 2.55. The highest BCUT2D eigenvalue weighted by Gasteiger charge is 2.06.